The summed E-state index contributed by atoms with van der Waals surface area (Å²) in [4.78, 5) is 0. The Morgan fingerprint density at radius 1 is 1.25 bits per heavy atom. The van der Waals surface area contributed by atoms with Gasteiger partial charge in [-0.3, -0.25) is 0 Å². The normalized spacial score (nSPS) is 37.6. The first-order valence-corrected chi connectivity index (χ1v) is 6.48. The van der Waals surface area contributed by atoms with Gasteiger partial charge < -0.3 is 5.11 Å². The molecule has 0 amide bonds. The Balaban J connectivity index is 2.12. The molecule has 0 saturated heterocycles. The highest BCUT2D eigenvalue weighted by atomic mass is 16.3. The van der Waals surface area contributed by atoms with Gasteiger partial charge in [0.15, 0.2) is 0 Å². The molecular formula is C15H20O. The average Bonchev–Trinajstić information content (AvgIpc) is 2.29. The number of hydrogen-bond acceptors (Lipinski definition) is 1. The van der Waals surface area contributed by atoms with Crippen LogP contribution in [0, 0.1) is 5.92 Å². The van der Waals surface area contributed by atoms with Crippen LogP contribution in [0.15, 0.2) is 24.3 Å². The zero-order valence-corrected chi connectivity index (χ0v) is 9.95. The fourth-order valence-corrected chi connectivity index (χ4v) is 3.93. The maximum Gasteiger partial charge on any atom is 0.0617 e. The van der Waals surface area contributed by atoms with Crippen LogP contribution in [-0.2, 0) is 11.8 Å². The molecule has 0 bridgehead atoms. The summed E-state index contributed by atoms with van der Waals surface area (Å²) < 4.78 is 0. The lowest BCUT2D eigenvalue weighted by Crippen LogP contribution is -2.47. The summed E-state index contributed by atoms with van der Waals surface area (Å²) in [5.74, 6) is 0.483. The predicted molar refractivity (Wildman–Crippen MR) is 65.5 cm³/mol. The zero-order valence-electron chi connectivity index (χ0n) is 9.95. The number of rotatable bonds is 0. The molecule has 1 aromatic rings. The topological polar surface area (TPSA) is 20.2 Å². The van der Waals surface area contributed by atoms with Crippen molar-refractivity contribution in [3.63, 3.8) is 0 Å². The lowest BCUT2D eigenvalue weighted by atomic mass is 9.57. The van der Waals surface area contributed by atoms with E-state index in [4.69, 9.17) is 0 Å². The highest BCUT2D eigenvalue weighted by Crippen LogP contribution is 2.49. The summed E-state index contributed by atoms with van der Waals surface area (Å²) in [5.41, 5.74) is 3.10. The average molecular weight is 216 g/mol. The van der Waals surface area contributed by atoms with Crippen molar-refractivity contribution in [3.05, 3.63) is 35.4 Å². The van der Waals surface area contributed by atoms with Crippen LogP contribution in [0.3, 0.4) is 0 Å². The Kier molecular flexibility index (Phi) is 2.32. The van der Waals surface area contributed by atoms with Gasteiger partial charge in [0.05, 0.1) is 6.10 Å². The minimum Gasteiger partial charge on any atom is -0.392 e. The number of aliphatic hydroxyl groups is 1. The van der Waals surface area contributed by atoms with Crippen molar-refractivity contribution < 1.29 is 5.11 Å². The van der Waals surface area contributed by atoms with Crippen molar-refractivity contribution in [2.75, 3.05) is 0 Å². The van der Waals surface area contributed by atoms with Gasteiger partial charge in [-0.15, -0.1) is 0 Å². The van der Waals surface area contributed by atoms with Crippen molar-refractivity contribution in [3.8, 4) is 0 Å². The molecule has 2 aliphatic rings. The molecule has 16 heavy (non-hydrogen) atoms. The number of aliphatic hydroxyl groups excluding tert-OH is 1. The molecule has 86 valence electrons. The van der Waals surface area contributed by atoms with Crippen molar-refractivity contribution in [1.82, 2.24) is 0 Å². The summed E-state index contributed by atoms with van der Waals surface area (Å²) in [5, 5.41) is 10.3. The quantitative estimate of drug-likeness (QED) is 0.706. The van der Waals surface area contributed by atoms with Gasteiger partial charge in [-0.25, -0.2) is 0 Å². The van der Waals surface area contributed by atoms with E-state index in [9.17, 15) is 5.11 Å². The molecular weight excluding hydrogens is 196 g/mol. The molecule has 1 aromatic carbocycles. The molecule has 1 saturated carbocycles. The SMILES string of the molecule is C[C@]12CCCC[C@H]1[C@H](O)Cc1ccccc12. The minimum absolute atomic E-state index is 0.125. The van der Waals surface area contributed by atoms with Crippen LogP contribution in [0.5, 0.6) is 0 Å². The van der Waals surface area contributed by atoms with Crippen molar-refractivity contribution in [1.29, 1.82) is 0 Å². The second-order valence-electron chi connectivity index (χ2n) is 5.70. The monoisotopic (exact) mass is 216 g/mol. The second-order valence-corrected chi connectivity index (χ2v) is 5.70. The molecule has 1 nitrogen and oxygen atoms in total. The van der Waals surface area contributed by atoms with Crippen LogP contribution < -0.4 is 0 Å². The third-order valence-electron chi connectivity index (χ3n) is 4.81. The molecule has 3 atom stereocenters. The summed E-state index contributed by atoms with van der Waals surface area (Å²) >= 11 is 0. The molecule has 3 rings (SSSR count). The van der Waals surface area contributed by atoms with Gasteiger partial charge in [-0.05, 0) is 41.7 Å². The lowest BCUT2D eigenvalue weighted by Gasteiger charge is -2.48. The largest absolute Gasteiger partial charge is 0.392 e. The summed E-state index contributed by atoms with van der Waals surface area (Å²) in [6, 6.07) is 8.71. The number of fused-ring (bicyclic) bond motifs is 3. The first-order chi connectivity index (χ1) is 7.72. The summed E-state index contributed by atoms with van der Waals surface area (Å²) in [6.45, 7) is 2.36. The van der Waals surface area contributed by atoms with Crippen LogP contribution in [0.4, 0.5) is 0 Å². The Labute approximate surface area is 97.5 Å². The highest BCUT2D eigenvalue weighted by Gasteiger charge is 2.45. The molecule has 1 N–H and O–H groups in total. The van der Waals surface area contributed by atoms with E-state index < -0.39 is 0 Å². The molecule has 0 radical (unpaired) electrons. The lowest BCUT2D eigenvalue weighted by molar-refractivity contribution is 0.0237. The first-order valence-electron chi connectivity index (χ1n) is 6.48. The van der Waals surface area contributed by atoms with Gasteiger partial charge in [0.25, 0.3) is 0 Å². The molecule has 0 spiro atoms. The summed E-state index contributed by atoms with van der Waals surface area (Å²) in [7, 11) is 0. The van der Waals surface area contributed by atoms with E-state index >= 15 is 0 Å². The predicted octanol–water partition coefficient (Wildman–Crippen LogP) is 3.05. The highest BCUT2D eigenvalue weighted by molar-refractivity contribution is 5.38. The molecule has 1 fully saturated rings. The zero-order chi connectivity index (χ0) is 11.2. The van der Waals surface area contributed by atoms with Crippen LogP contribution >= 0.6 is 0 Å². The molecule has 2 aliphatic carbocycles. The van der Waals surface area contributed by atoms with Crippen LogP contribution in [0.25, 0.3) is 0 Å². The number of hydrogen-bond donors (Lipinski definition) is 1. The van der Waals surface area contributed by atoms with E-state index in [0.29, 0.717) is 5.92 Å². The third-order valence-corrected chi connectivity index (χ3v) is 4.81. The van der Waals surface area contributed by atoms with Gasteiger partial charge >= 0.3 is 0 Å². The maximum atomic E-state index is 10.3. The van der Waals surface area contributed by atoms with E-state index in [1.807, 2.05) is 0 Å². The standard InChI is InChI=1S/C15H20O/c1-15-9-5-4-8-13(15)14(16)10-11-6-2-3-7-12(11)15/h2-3,6-7,13-14,16H,4-5,8-10H2,1H3/t13-,14+,15+/m0/s1. The van der Waals surface area contributed by atoms with E-state index in [1.165, 1.54) is 36.8 Å². The minimum atomic E-state index is -0.125. The molecule has 0 unspecified atom stereocenters. The Hall–Kier alpha value is -0.820. The fraction of sp³-hybridized carbons (Fsp3) is 0.600. The van der Waals surface area contributed by atoms with Crippen molar-refractivity contribution in [2.45, 2.75) is 50.5 Å². The third kappa shape index (κ3) is 1.34. The Bertz CT molecular complexity index is 398. The smallest absolute Gasteiger partial charge is 0.0617 e. The first kappa shape index (κ1) is 10.3. The molecule has 1 heteroatoms. The Morgan fingerprint density at radius 3 is 2.94 bits per heavy atom. The summed E-state index contributed by atoms with van der Waals surface area (Å²) in [6.07, 6.45) is 5.78. The number of benzene rings is 1. The van der Waals surface area contributed by atoms with Crippen LogP contribution in [-0.4, -0.2) is 11.2 Å². The van der Waals surface area contributed by atoms with Gasteiger partial charge in [0, 0.05) is 0 Å². The van der Waals surface area contributed by atoms with Crippen LogP contribution in [0.1, 0.15) is 43.7 Å². The maximum absolute atomic E-state index is 10.3. The second kappa shape index (κ2) is 3.59. The van der Waals surface area contributed by atoms with E-state index in [0.717, 1.165) is 6.42 Å². The van der Waals surface area contributed by atoms with Gasteiger partial charge in [0.2, 0.25) is 0 Å². The van der Waals surface area contributed by atoms with Gasteiger partial charge in [-0.1, -0.05) is 44.0 Å². The van der Waals surface area contributed by atoms with E-state index in [2.05, 4.69) is 31.2 Å². The fourth-order valence-electron chi connectivity index (χ4n) is 3.93. The molecule has 0 aromatic heterocycles. The van der Waals surface area contributed by atoms with Crippen molar-refractivity contribution >= 4 is 0 Å². The van der Waals surface area contributed by atoms with Gasteiger partial charge in [0.1, 0.15) is 0 Å². The van der Waals surface area contributed by atoms with Crippen molar-refractivity contribution in [2.24, 2.45) is 5.92 Å². The van der Waals surface area contributed by atoms with E-state index in [1.54, 1.807) is 0 Å². The van der Waals surface area contributed by atoms with Gasteiger partial charge in [-0.2, -0.15) is 0 Å². The molecule has 0 heterocycles. The van der Waals surface area contributed by atoms with Crippen LogP contribution in [0.2, 0.25) is 0 Å². The van der Waals surface area contributed by atoms with E-state index in [-0.39, 0.29) is 11.5 Å². The Morgan fingerprint density at radius 2 is 2.06 bits per heavy atom. The molecule has 0 aliphatic heterocycles.